The van der Waals surface area contributed by atoms with Gasteiger partial charge >= 0.3 is 6.09 Å². The Morgan fingerprint density at radius 3 is 2.90 bits per heavy atom. The van der Waals surface area contributed by atoms with Gasteiger partial charge in [-0.2, -0.15) is 0 Å². The van der Waals surface area contributed by atoms with Crippen molar-refractivity contribution in [2.24, 2.45) is 0 Å². The van der Waals surface area contributed by atoms with E-state index in [0.29, 0.717) is 18.9 Å². The van der Waals surface area contributed by atoms with Gasteiger partial charge in [0.2, 0.25) is 0 Å². The summed E-state index contributed by atoms with van der Waals surface area (Å²) in [4.78, 5) is 18.7. The highest BCUT2D eigenvalue weighted by Crippen LogP contribution is 2.22. The van der Waals surface area contributed by atoms with Crippen LogP contribution in [0.4, 0.5) is 4.79 Å². The van der Waals surface area contributed by atoms with E-state index in [9.17, 15) is 4.79 Å². The molecule has 1 aliphatic rings. The van der Waals surface area contributed by atoms with Crippen LogP contribution in [-0.2, 0) is 4.74 Å². The molecule has 6 heteroatoms. The van der Waals surface area contributed by atoms with E-state index in [4.69, 9.17) is 9.47 Å². The smallest absolute Gasteiger partial charge is 0.410 e. The fourth-order valence-electron chi connectivity index (χ4n) is 2.25. The number of amides is 1. The van der Waals surface area contributed by atoms with Crippen LogP contribution in [0.25, 0.3) is 0 Å². The molecule has 0 bridgehead atoms. The lowest BCUT2D eigenvalue weighted by molar-refractivity contribution is 0.0187. The van der Waals surface area contributed by atoms with E-state index in [1.54, 1.807) is 17.3 Å². The van der Waals surface area contributed by atoms with Crippen molar-refractivity contribution in [1.82, 2.24) is 9.88 Å². The summed E-state index contributed by atoms with van der Waals surface area (Å²) in [5.41, 5.74) is -0.477. The van der Waals surface area contributed by atoms with E-state index < -0.39 is 5.60 Å². The maximum absolute atomic E-state index is 12.2. The van der Waals surface area contributed by atoms with Crippen molar-refractivity contribution in [1.29, 1.82) is 0 Å². The predicted molar refractivity (Wildman–Crippen MR) is 82.9 cm³/mol. The molecule has 116 valence electrons. The van der Waals surface area contributed by atoms with E-state index in [0.717, 1.165) is 17.7 Å². The van der Waals surface area contributed by atoms with Crippen LogP contribution in [0.3, 0.4) is 0 Å². The SMILES string of the molecule is CC(C)(C)OC(=O)N1CCC[C@H]1COc1cncc(S)c1. The first-order chi connectivity index (χ1) is 9.85. The largest absolute Gasteiger partial charge is 0.490 e. The first kappa shape index (κ1) is 15.9. The molecular weight excluding hydrogens is 288 g/mol. The molecule has 1 aromatic heterocycles. The molecule has 1 aromatic rings. The minimum Gasteiger partial charge on any atom is -0.490 e. The monoisotopic (exact) mass is 310 g/mol. The molecule has 0 aromatic carbocycles. The normalized spacial score (nSPS) is 18.7. The topological polar surface area (TPSA) is 51.7 Å². The van der Waals surface area contributed by atoms with Crippen molar-refractivity contribution < 1.29 is 14.3 Å². The van der Waals surface area contributed by atoms with E-state index in [2.05, 4.69) is 17.6 Å². The maximum atomic E-state index is 12.2. The molecule has 21 heavy (non-hydrogen) atoms. The summed E-state index contributed by atoms with van der Waals surface area (Å²) in [6.45, 7) is 6.77. The first-order valence-corrected chi connectivity index (χ1v) is 7.56. The minimum atomic E-state index is -0.477. The Labute approximate surface area is 131 Å². The number of hydrogen-bond acceptors (Lipinski definition) is 5. The average molecular weight is 310 g/mol. The Morgan fingerprint density at radius 2 is 2.24 bits per heavy atom. The molecule has 0 unspecified atom stereocenters. The van der Waals surface area contributed by atoms with Crippen LogP contribution in [0.1, 0.15) is 33.6 Å². The molecule has 0 saturated carbocycles. The summed E-state index contributed by atoms with van der Waals surface area (Å²) in [7, 11) is 0. The number of likely N-dealkylation sites (tertiary alicyclic amines) is 1. The quantitative estimate of drug-likeness (QED) is 0.871. The van der Waals surface area contributed by atoms with Crippen molar-refractivity contribution in [2.45, 2.75) is 50.2 Å². The van der Waals surface area contributed by atoms with Gasteiger partial charge in [0, 0.05) is 17.6 Å². The van der Waals surface area contributed by atoms with Crippen molar-refractivity contribution in [3.05, 3.63) is 18.5 Å². The van der Waals surface area contributed by atoms with Crippen molar-refractivity contribution >= 4 is 18.7 Å². The van der Waals surface area contributed by atoms with Gasteiger partial charge in [-0.25, -0.2) is 4.79 Å². The summed E-state index contributed by atoms with van der Waals surface area (Å²) in [5, 5.41) is 0. The second kappa shape index (κ2) is 6.56. The third kappa shape index (κ3) is 4.81. The molecule has 2 heterocycles. The molecule has 0 radical (unpaired) electrons. The van der Waals surface area contributed by atoms with Gasteiger partial charge in [0.1, 0.15) is 18.0 Å². The molecule has 0 N–H and O–H groups in total. The third-order valence-electron chi connectivity index (χ3n) is 3.15. The summed E-state index contributed by atoms with van der Waals surface area (Å²) in [5.74, 6) is 0.665. The van der Waals surface area contributed by atoms with Gasteiger partial charge in [0.15, 0.2) is 0 Å². The van der Waals surface area contributed by atoms with Crippen molar-refractivity contribution in [3.8, 4) is 5.75 Å². The number of thiol groups is 1. The highest BCUT2D eigenvalue weighted by molar-refractivity contribution is 7.80. The zero-order chi connectivity index (χ0) is 15.5. The van der Waals surface area contributed by atoms with Crippen LogP contribution < -0.4 is 4.74 Å². The molecule has 1 fully saturated rings. The van der Waals surface area contributed by atoms with Gasteiger partial charge < -0.3 is 14.4 Å². The van der Waals surface area contributed by atoms with E-state index in [1.807, 2.05) is 26.8 Å². The number of ether oxygens (including phenoxy) is 2. The third-order valence-corrected chi connectivity index (χ3v) is 3.39. The Hall–Kier alpha value is -1.43. The molecule has 1 aliphatic heterocycles. The zero-order valence-corrected chi connectivity index (χ0v) is 13.6. The van der Waals surface area contributed by atoms with Gasteiger partial charge in [-0.3, -0.25) is 4.98 Å². The zero-order valence-electron chi connectivity index (χ0n) is 12.7. The van der Waals surface area contributed by atoms with E-state index in [-0.39, 0.29) is 12.1 Å². The molecule has 2 rings (SSSR count). The van der Waals surface area contributed by atoms with Gasteiger partial charge in [0.05, 0.1) is 12.2 Å². The van der Waals surface area contributed by atoms with Gasteiger partial charge in [0.25, 0.3) is 0 Å². The van der Waals surface area contributed by atoms with E-state index >= 15 is 0 Å². The Balaban J connectivity index is 1.91. The summed E-state index contributed by atoms with van der Waals surface area (Å²) >= 11 is 4.23. The maximum Gasteiger partial charge on any atom is 0.410 e. The van der Waals surface area contributed by atoms with E-state index in [1.165, 1.54) is 0 Å². The Kier molecular flexibility index (Phi) is 4.98. The molecule has 1 atom stereocenters. The van der Waals surface area contributed by atoms with Crippen LogP contribution in [0.2, 0.25) is 0 Å². The number of hydrogen-bond donors (Lipinski definition) is 1. The molecule has 5 nitrogen and oxygen atoms in total. The van der Waals surface area contributed by atoms with Crippen LogP contribution in [0.15, 0.2) is 23.4 Å². The summed E-state index contributed by atoms with van der Waals surface area (Å²) in [6.07, 6.45) is 4.92. The lowest BCUT2D eigenvalue weighted by Crippen LogP contribution is -2.42. The second-order valence-electron chi connectivity index (χ2n) is 6.16. The number of carbonyl (C=O) groups excluding carboxylic acids is 1. The van der Waals surface area contributed by atoms with Gasteiger partial charge in [-0.05, 0) is 39.7 Å². The second-order valence-corrected chi connectivity index (χ2v) is 6.68. The number of aromatic nitrogens is 1. The van der Waals surface area contributed by atoms with Crippen LogP contribution in [0, 0.1) is 0 Å². The van der Waals surface area contributed by atoms with Crippen LogP contribution in [-0.4, -0.2) is 40.8 Å². The fraction of sp³-hybridized carbons (Fsp3) is 0.600. The highest BCUT2D eigenvalue weighted by atomic mass is 32.1. The van der Waals surface area contributed by atoms with Gasteiger partial charge in [-0.1, -0.05) is 0 Å². The standard InChI is InChI=1S/C15H22N2O3S/c1-15(2,3)20-14(18)17-6-4-5-11(17)10-19-12-7-13(21)9-16-8-12/h7-9,11,21H,4-6,10H2,1-3H3/t11-/m0/s1. The molecule has 0 aliphatic carbocycles. The molecular formula is C15H22N2O3S. The summed E-state index contributed by atoms with van der Waals surface area (Å²) in [6, 6.07) is 1.85. The number of nitrogens with zero attached hydrogens (tertiary/aromatic N) is 2. The predicted octanol–water partition coefficient (Wildman–Crippen LogP) is 3.15. The van der Waals surface area contributed by atoms with Crippen molar-refractivity contribution in [2.75, 3.05) is 13.2 Å². The van der Waals surface area contributed by atoms with Crippen molar-refractivity contribution in [3.63, 3.8) is 0 Å². The minimum absolute atomic E-state index is 0.0448. The Morgan fingerprint density at radius 1 is 1.48 bits per heavy atom. The van der Waals surface area contributed by atoms with Crippen LogP contribution >= 0.6 is 12.6 Å². The molecule has 0 spiro atoms. The Bertz CT molecular complexity index is 502. The molecule has 1 amide bonds. The first-order valence-electron chi connectivity index (χ1n) is 7.11. The molecule has 1 saturated heterocycles. The summed E-state index contributed by atoms with van der Waals surface area (Å²) < 4.78 is 11.2. The number of pyridine rings is 1. The highest BCUT2D eigenvalue weighted by Gasteiger charge is 2.32. The number of carbonyl (C=O) groups is 1. The lowest BCUT2D eigenvalue weighted by Gasteiger charge is -2.28. The number of rotatable bonds is 3. The van der Waals surface area contributed by atoms with Gasteiger partial charge in [-0.15, -0.1) is 12.6 Å². The average Bonchev–Trinajstić information content (AvgIpc) is 2.83. The fourth-order valence-corrected chi connectivity index (χ4v) is 2.44. The lowest BCUT2D eigenvalue weighted by atomic mass is 10.2. The van der Waals surface area contributed by atoms with Crippen LogP contribution in [0.5, 0.6) is 5.75 Å².